The van der Waals surface area contributed by atoms with Crippen LogP contribution in [-0.4, -0.2) is 78.9 Å². The number of fused-ring (bicyclic) bond motifs is 1. The van der Waals surface area contributed by atoms with Crippen LogP contribution in [0.5, 0.6) is 0 Å². The molecule has 3 aliphatic rings. The van der Waals surface area contributed by atoms with Gasteiger partial charge in [-0.3, -0.25) is 14.5 Å². The third kappa shape index (κ3) is 4.49. The van der Waals surface area contributed by atoms with Gasteiger partial charge in [-0.15, -0.1) is 0 Å². The lowest BCUT2D eigenvalue weighted by atomic mass is 9.91. The summed E-state index contributed by atoms with van der Waals surface area (Å²) < 4.78 is 0. The summed E-state index contributed by atoms with van der Waals surface area (Å²) in [7, 11) is 0. The smallest absolute Gasteiger partial charge is 0.244 e. The zero-order valence-electron chi connectivity index (χ0n) is 19.6. The Morgan fingerprint density at radius 1 is 0.818 bits per heavy atom. The van der Waals surface area contributed by atoms with Gasteiger partial charge in [-0.1, -0.05) is 42.5 Å². The van der Waals surface area contributed by atoms with Gasteiger partial charge < -0.3 is 14.7 Å². The van der Waals surface area contributed by atoms with Gasteiger partial charge in [-0.25, -0.2) is 0 Å². The van der Waals surface area contributed by atoms with Crippen LogP contribution in [0, 0.1) is 6.92 Å². The zero-order valence-corrected chi connectivity index (χ0v) is 19.6. The van der Waals surface area contributed by atoms with Crippen LogP contribution in [0.15, 0.2) is 48.5 Å². The van der Waals surface area contributed by atoms with E-state index in [1.807, 2.05) is 21.9 Å². The van der Waals surface area contributed by atoms with Crippen molar-refractivity contribution < 1.29 is 9.59 Å². The number of anilines is 1. The number of para-hydroxylation sites is 1. The molecule has 0 N–H and O–H groups in total. The Morgan fingerprint density at radius 2 is 1.52 bits per heavy atom. The Bertz CT molecular complexity index is 1010. The lowest BCUT2D eigenvalue weighted by Crippen LogP contribution is -2.53. The third-order valence-electron chi connectivity index (χ3n) is 7.46. The molecule has 0 radical (unpaired) electrons. The summed E-state index contributed by atoms with van der Waals surface area (Å²) in [6.07, 6.45) is 3.03. The van der Waals surface area contributed by atoms with Gasteiger partial charge in [0.1, 0.15) is 6.04 Å². The Morgan fingerprint density at radius 3 is 2.27 bits per heavy atom. The number of rotatable bonds is 4. The van der Waals surface area contributed by atoms with Crippen molar-refractivity contribution in [2.24, 2.45) is 0 Å². The highest BCUT2D eigenvalue weighted by Crippen LogP contribution is 2.32. The number of carbonyl (C=O) groups excluding carboxylic acids is 2. The molecule has 0 aliphatic carbocycles. The number of piperazine rings is 1. The third-order valence-corrected chi connectivity index (χ3v) is 7.46. The van der Waals surface area contributed by atoms with Gasteiger partial charge in [0.25, 0.3) is 0 Å². The largest absolute Gasteiger partial charge is 0.368 e. The number of carbonyl (C=O) groups is 2. The van der Waals surface area contributed by atoms with Crippen molar-refractivity contribution in [3.8, 4) is 0 Å². The van der Waals surface area contributed by atoms with Crippen molar-refractivity contribution in [3.63, 3.8) is 0 Å². The minimum Gasteiger partial charge on any atom is -0.368 e. The van der Waals surface area contributed by atoms with Gasteiger partial charge >= 0.3 is 0 Å². The molecule has 174 valence electrons. The van der Waals surface area contributed by atoms with E-state index in [-0.39, 0.29) is 17.9 Å². The van der Waals surface area contributed by atoms with Crippen molar-refractivity contribution in [1.29, 1.82) is 0 Å². The van der Waals surface area contributed by atoms with Gasteiger partial charge in [0.15, 0.2) is 0 Å². The molecule has 2 saturated heterocycles. The highest BCUT2D eigenvalue weighted by atomic mass is 16.2. The minimum atomic E-state index is -0.342. The summed E-state index contributed by atoms with van der Waals surface area (Å²) in [5.74, 6) is 0.301. The van der Waals surface area contributed by atoms with E-state index >= 15 is 0 Å². The summed E-state index contributed by atoms with van der Waals surface area (Å²) in [5, 5.41) is 0. The standard InChI is InChI=1S/C27H34N4O2/c1-21-8-2-5-11-24(21)28-16-18-29(19-17-28)25(32)20-31-15-12-22-9-3-4-10-23(22)26(31)27(33)30-13-6-7-14-30/h2-5,8-11,26H,6-7,12-20H2,1H3. The summed E-state index contributed by atoms with van der Waals surface area (Å²) >= 11 is 0. The van der Waals surface area contributed by atoms with Crippen molar-refractivity contribution in [3.05, 3.63) is 65.2 Å². The number of benzene rings is 2. The molecule has 2 amide bonds. The molecule has 6 nitrogen and oxygen atoms in total. The zero-order chi connectivity index (χ0) is 22.8. The number of aryl methyl sites for hydroxylation is 1. The van der Waals surface area contributed by atoms with E-state index in [2.05, 4.69) is 53.1 Å². The molecule has 1 atom stereocenters. The first-order valence-electron chi connectivity index (χ1n) is 12.3. The average Bonchev–Trinajstić information content (AvgIpc) is 3.39. The molecule has 5 rings (SSSR count). The maximum absolute atomic E-state index is 13.5. The predicted octanol–water partition coefficient (Wildman–Crippen LogP) is 2.87. The molecule has 0 bridgehead atoms. The molecule has 6 heteroatoms. The Balaban J connectivity index is 1.27. The predicted molar refractivity (Wildman–Crippen MR) is 130 cm³/mol. The van der Waals surface area contributed by atoms with E-state index in [0.29, 0.717) is 6.54 Å². The van der Waals surface area contributed by atoms with Crippen LogP contribution in [0.3, 0.4) is 0 Å². The van der Waals surface area contributed by atoms with E-state index in [1.165, 1.54) is 16.8 Å². The second-order valence-corrected chi connectivity index (χ2v) is 9.51. The van der Waals surface area contributed by atoms with Gasteiger partial charge in [-0.2, -0.15) is 0 Å². The van der Waals surface area contributed by atoms with Crippen molar-refractivity contribution >= 4 is 17.5 Å². The highest BCUT2D eigenvalue weighted by Gasteiger charge is 2.37. The van der Waals surface area contributed by atoms with E-state index in [4.69, 9.17) is 0 Å². The maximum Gasteiger partial charge on any atom is 0.244 e. The van der Waals surface area contributed by atoms with E-state index < -0.39 is 0 Å². The number of hydrogen-bond acceptors (Lipinski definition) is 4. The molecule has 0 spiro atoms. The summed E-state index contributed by atoms with van der Waals surface area (Å²) in [5.41, 5.74) is 4.85. The molecule has 0 aromatic heterocycles. The van der Waals surface area contributed by atoms with Crippen LogP contribution in [0.2, 0.25) is 0 Å². The van der Waals surface area contributed by atoms with E-state index in [1.54, 1.807) is 0 Å². The number of nitrogens with zero attached hydrogens (tertiary/aromatic N) is 4. The first-order valence-corrected chi connectivity index (χ1v) is 12.3. The average molecular weight is 447 g/mol. The minimum absolute atomic E-state index is 0.137. The number of amides is 2. The fourth-order valence-electron chi connectivity index (χ4n) is 5.58. The summed E-state index contributed by atoms with van der Waals surface area (Å²) in [4.78, 5) is 35.3. The first-order chi connectivity index (χ1) is 16.1. The van der Waals surface area contributed by atoms with Crippen LogP contribution in [0.1, 0.15) is 35.6 Å². The quantitative estimate of drug-likeness (QED) is 0.725. The Hall–Kier alpha value is -2.86. The summed E-state index contributed by atoms with van der Waals surface area (Å²) in [6.45, 7) is 7.99. The van der Waals surface area contributed by atoms with Gasteiger partial charge in [0.2, 0.25) is 11.8 Å². The number of likely N-dealkylation sites (tertiary alicyclic amines) is 1. The van der Waals surface area contributed by atoms with E-state index in [9.17, 15) is 9.59 Å². The molecule has 1 unspecified atom stereocenters. The second kappa shape index (κ2) is 9.56. The molecule has 2 fully saturated rings. The van der Waals surface area contributed by atoms with Gasteiger partial charge in [-0.05, 0) is 48.9 Å². The van der Waals surface area contributed by atoms with Crippen LogP contribution in [-0.2, 0) is 16.0 Å². The number of hydrogen-bond donors (Lipinski definition) is 0. The maximum atomic E-state index is 13.5. The van der Waals surface area contributed by atoms with Crippen LogP contribution >= 0.6 is 0 Å². The highest BCUT2D eigenvalue weighted by molar-refractivity contribution is 5.86. The van der Waals surface area contributed by atoms with Crippen molar-refractivity contribution in [2.75, 3.05) is 57.3 Å². The molecule has 3 heterocycles. The molecule has 2 aromatic rings. The molecule has 3 aliphatic heterocycles. The normalized spacial score (nSPS) is 21.2. The molecular formula is C27H34N4O2. The van der Waals surface area contributed by atoms with E-state index in [0.717, 1.165) is 70.6 Å². The van der Waals surface area contributed by atoms with Crippen LogP contribution in [0.4, 0.5) is 5.69 Å². The fourth-order valence-corrected chi connectivity index (χ4v) is 5.58. The van der Waals surface area contributed by atoms with Gasteiger partial charge in [0, 0.05) is 51.5 Å². The van der Waals surface area contributed by atoms with Crippen molar-refractivity contribution in [2.45, 2.75) is 32.2 Å². The van der Waals surface area contributed by atoms with Crippen molar-refractivity contribution in [1.82, 2.24) is 14.7 Å². The molecule has 0 saturated carbocycles. The fraction of sp³-hybridized carbons (Fsp3) is 0.481. The molecule has 2 aromatic carbocycles. The van der Waals surface area contributed by atoms with Crippen LogP contribution in [0.25, 0.3) is 0 Å². The van der Waals surface area contributed by atoms with Crippen LogP contribution < -0.4 is 4.90 Å². The summed E-state index contributed by atoms with van der Waals surface area (Å²) in [6, 6.07) is 16.4. The second-order valence-electron chi connectivity index (χ2n) is 9.51. The Labute approximate surface area is 196 Å². The SMILES string of the molecule is Cc1ccccc1N1CCN(C(=O)CN2CCc3ccccc3C2C(=O)N2CCCC2)CC1. The first kappa shape index (κ1) is 22.0. The molecule has 33 heavy (non-hydrogen) atoms. The van der Waals surface area contributed by atoms with Gasteiger partial charge in [0.05, 0.1) is 6.54 Å². The monoisotopic (exact) mass is 446 g/mol. The Kier molecular flexibility index (Phi) is 6.36. The lowest BCUT2D eigenvalue weighted by molar-refractivity contribution is -0.140. The topological polar surface area (TPSA) is 47.1 Å². The lowest BCUT2D eigenvalue weighted by Gasteiger charge is -2.40. The molecular weight excluding hydrogens is 412 g/mol.